The van der Waals surface area contributed by atoms with Crippen molar-refractivity contribution >= 4 is 11.9 Å². The number of rotatable bonds is 9. The zero-order chi connectivity index (χ0) is 15.0. The number of nitrogens with one attached hydrogen (secondary N) is 1. The molecule has 0 radical (unpaired) electrons. The molecule has 0 aliphatic rings. The first-order valence-corrected chi connectivity index (χ1v) is 7.49. The third-order valence-corrected chi connectivity index (χ3v) is 3.23. The molecule has 0 amide bonds. The van der Waals surface area contributed by atoms with Gasteiger partial charge in [-0.05, 0) is 26.7 Å². The van der Waals surface area contributed by atoms with Crippen LogP contribution in [-0.4, -0.2) is 41.2 Å². The van der Waals surface area contributed by atoms with Gasteiger partial charge in [-0.25, -0.2) is 0 Å². The number of hydrogen-bond acceptors (Lipinski definition) is 6. The molecular weight excluding hydrogens is 254 g/mol. The predicted octanol–water partition coefficient (Wildman–Crippen LogP) is 2.72. The van der Waals surface area contributed by atoms with Gasteiger partial charge in [-0.2, -0.15) is 15.0 Å². The van der Waals surface area contributed by atoms with E-state index in [1.165, 1.54) is 0 Å². The first-order chi connectivity index (χ1) is 9.65. The highest BCUT2D eigenvalue weighted by Gasteiger charge is 2.18. The van der Waals surface area contributed by atoms with Crippen molar-refractivity contribution in [2.45, 2.75) is 53.0 Å². The summed E-state index contributed by atoms with van der Waals surface area (Å²) in [5, 5.41) is 2.97. The van der Waals surface area contributed by atoms with Crippen LogP contribution in [0.15, 0.2) is 0 Å². The average Bonchev–Trinajstić information content (AvgIpc) is 2.47. The topological polar surface area (TPSA) is 63.2 Å². The first-order valence-electron chi connectivity index (χ1n) is 7.49. The first kappa shape index (κ1) is 16.5. The van der Waals surface area contributed by atoms with Crippen molar-refractivity contribution in [2.24, 2.45) is 0 Å². The van der Waals surface area contributed by atoms with Gasteiger partial charge in [-0.15, -0.1) is 0 Å². The average molecular weight is 281 g/mol. The molecule has 1 unspecified atom stereocenters. The second-order valence-corrected chi connectivity index (χ2v) is 4.73. The maximum Gasteiger partial charge on any atom is 0.323 e. The van der Waals surface area contributed by atoms with Crippen LogP contribution in [0.3, 0.4) is 0 Å². The van der Waals surface area contributed by atoms with Gasteiger partial charge in [-0.3, -0.25) is 0 Å². The van der Waals surface area contributed by atoms with Gasteiger partial charge in [0.2, 0.25) is 11.9 Å². The molecule has 0 fully saturated rings. The van der Waals surface area contributed by atoms with E-state index in [0.29, 0.717) is 30.6 Å². The number of nitrogens with zero attached hydrogens (tertiary/aromatic N) is 4. The molecule has 0 spiro atoms. The Morgan fingerprint density at radius 1 is 1.20 bits per heavy atom. The second-order valence-electron chi connectivity index (χ2n) is 4.73. The summed E-state index contributed by atoms with van der Waals surface area (Å²) < 4.78 is 5.43. The third kappa shape index (κ3) is 4.51. The van der Waals surface area contributed by atoms with E-state index in [0.717, 1.165) is 25.8 Å². The SMILES string of the molecule is CCCCN(c1nc(NC)nc(OCC)n1)C(C)CC. The van der Waals surface area contributed by atoms with Crippen LogP contribution in [0.25, 0.3) is 0 Å². The molecule has 6 heteroatoms. The molecule has 1 rings (SSSR count). The van der Waals surface area contributed by atoms with Crippen LogP contribution in [0.1, 0.15) is 47.0 Å². The molecule has 0 saturated heterocycles. The lowest BCUT2D eigenvalue weighted by molar-refractivity contribution is 0.311. The van der Waals surface area contributed by atoms with E-state index in [1.807, 2.05) is 6.92 Å². The molecule has 20 heavy (non-hydrogen) atoms. The van der Waals surface area contributed by atoms with Crippen molar-refractivity contribution in [1.29, 1.82) is 0 Å². The van der Waals surface area contributed by atoms with E-state index in [2.05, 4.69) is 45.9 Å². The molecule has 1 heterocycles. The number of anilines is 2. The highest BCUT2D eigenvalue weighted by atomic mass is 16.5. The minimum absolute atomic E-state index is 0.381. The second kappa shape index (κ2) is 8.55. The van der Waals surface area contributed by atoms with Crippen LogP contribution in [0, 0.1) is 0 Å². The van der Waals surface area contributed by atoms with Crippen molar-refractivity contribution in [3.8, 4) is 6.01 Å². The number of unbranched alkanes of at least 4 members (excludes halogenated alkanes) is 1. The molecule has 0 aliphatic carbocycles. The Hall–Kier alpha value is -1.59. The monoisotopic (exact) mass is 281 g/mol. The highest BCUT2D eigenvalue weighted by molar-refractivity contribution is 5.38. The molecule has 1 atom stereocenters. The summed E-state index contributed by atoms with van der Waals surface area (Å²) >= 11 is 0. The van der Waals surface area contributed by atoms with Gasteiger partial charge < -0.3 is 15.0 Å². The lowest BCUT2D eigenvalue weighted by atomic mass is 10.2. The zero-order valence-electron chi connectivity index (χ0n) is 13.3. The summed E-state index contributed by atoms with van der Waals surface area (Å²) in [6, 6.07) is 0.773. The maximum absolute atomic E-state index is 5.43. The van der Waals surface area contributed by atoms with Gasteiger partial charge in [0, 0.05) is 19.6 Å². The number of ether oxygens (including phenoxy) is 1. The van der Waals surface area contributed by atoms with E-state index in [1.54, 1.807) is 7.05 Å². The maximum atomic E-state index is 5.43. The molecule has 114 valence electrons. The van der Waals surface area contributed by atoms with Gasteiger partial charge in [0.15, 0.2) is 0 Å². The minimum atomic E-state index is 0.381. The van der Waals surface area contributed by atoms with Crippen molar-refractivity contribution in [1.82, 2.24) is 15.0 Å². The molecule has 1 N–H and O–H groups in total. The molecule has 0 aromatic carbocycles. The molecule has 1 aromatic heterocycles. The van der Waals surface area contributed by atoms with Gasteiger partial charge in [0.1, 0.15) is 0 Å². The summed E-state index contributed by atoms with van der Waals surface area (Å²) in [5.74, 6) is 1.24. The fraction of sp³-hybridized carbons (Fsp3) is 0.786. The standard InChI is InChI=1S/C14H27N5O/c1-6-9-10-19(11(4)7-2)13-16-12(15-5)17-14(18-13)20-8-3/h11H,6-10H2,1-5H3,(H,15,16,17,18). The van der Waals surface area contributed by atoms with Gasteiger partial charge in [-0.1, -0.05) is 20.3 Å². The van der Waals surface area contributed by atoms with E-state index in [-0.39, 0.29) is 0 Å². The van der Waals surface area contributed by atoms with Crippen LogP contribution < -0.4 is 15.0 Å². The van der Waals surface area contributed by atoms with Gasteiger partial charge >= 0.3 is 6.01 Å². The molecule has 0 saturated carbocycles. The van der Waals surface area contributed by atoms with Crippen LogP contribution >= 0.6 is 0 Å². The largest absolute Gasteiger partial charge is 0.464 e. The molecular formula is C14H27N5O. The Labute approximate surface area is 122 Å². The summed E-state index contributed by atoms with van der Waals surface area (Å²) in [7, 11) is 1.80. The highest BCUT2D eigenvalue weighted by Crippen LogP contribution is 2.19. The van der Waals surface area contributed by atoms with E-state index < -0.39 is 0 Å². The lowest BCUT2D eigenvalue weighted by Crippen LogP contribution is -2.35. The third-order valence-electron chi connectivity index (χ3n) is 3.23. The summed E-state index contributed by atoms with van der Waals surface area (Å²) in [5.41, 5.74) is 0. The van der Waals surface area contributed by atoms with Crippen molar-refractivity contribution in [3.05, 3.63) is 0 Å². The van der Waals surface area contributed by atoms with Gasteiger partial charge in [0.25, 0.3) is 0 Å². The Kier molecular flexibility index (Phi) is 7.04. The number of hydrogen-bond donors (Lipinski definition) is 1. The lowest BCUT2D eigenvalue weighted by Gasteiger charge is -2.28. The quantitative estimate of drug-likeness (QED) is 0.751. The predicted molar refractivity (Wildman–Crippen MR) is 82.5 cm³/mol. The Balaban J connectivity index is 3.06. The van der Waals surface area contributed by atoms with Crippen LogP contribution in [0.5, 0.6) is 6.01 Å². The summed E-state index contributed by atoms with van der Waals surface area (Å²) in [4.78, 5) is 15.3. The van der Waals surface area contributed by atoms with Crippen molar-refractivity contribution in [3.63, 3.8) is 0 Å². The van der Waals surface area contributed by atoms with Crippen LogP contribution in [-0.2, 0) is 0 Å². The normalized spacial score (nSPS) is 12.1. The van der Waals surface area contributed by atoms with Crippen molar-refractivity contribution in [2.75, 3.05) is 30.4 Å². The Bertz CT molecular complexity index is 399. The molecule has 6 nitrogen and oxygen atoms in total. The fourth-order valence-corrected chi connectivity index (χ4v) is 1.85. The van der Waals surface area contributed by atoms with E-state index in [9.17, 15) is 0 Å². The van der Waals surface area contributed by atoms with Crippen LogP contribution in [0.2, 0.25) is 0 Å². The Morgan fingerprint density at radius 2 is 1.95 bits per heavy atom. The molecule has 0 aliphatic heterocycles. The summed E-state index contributed by atoms with van der Waals surface area (Å²) in [6.45, 7) is 9.97. The molecule has 1 aromatic rings. The van der Waals surface area contributed by atoms with E-state index >= 15 is 0 Å². The fourth-order valence-electron chi connectivity index (χ4n) is 1.85. The Morgan fingerprint density at radius 3 is 2.50 bits per heavy atom. The van der Waals surface area contributed by atoms with Gasteiger partial charge in [0.05, 0.1) is 6.61 Å². The minimum Gasteiger partial charge on any atom is -0.464 e. The van der Waals surface area contributed by atoms with Crippen molar-refractivity contribution < 1.29 is 4.74 Å². The zero-order valence-corrected chi connectivity index (χ0v) is 13.3. The summed E-state index contributed by atoms with van der Waals surface area (Å²) in [6.07, 6.45) is 3.32. The smallest absolute Gasteiger partial charge is 0.323 e. The van der Waals surface area contributed by atoms with Crippen LogP contribution in [0.4, 0.5) is 11.9 Å². The number of aromatic nitrogens is 3. The molecule has 0 bridgehead atoms. The van der Waals surface area contributed by atoms with E-state index in [4.69, 9.17) is 4.74 Å².